The Balaban J connectivity index is 3.53. The highest BCUT2D eigenvalue weighted by Crippen LogP contribution is 2.12. The van der Waals surface area contributed by atoms with Crippen LogP contribution in [0.3, 0.4) is 0 Å². The fourth-order valence-corrected chi connectivity index (χ4v) is 2.47. The second-order valence-corrected chi connectivity index (χ2v) is 5.75. The molecule has 0 bridgehead atoms. The highest BCUT2D eigenvalue weighted by molar-refractivity contribution is 5.83. The minimum atomic E-state index is -0.485. The lowest BCUT2D eigenvalue weighted by atomic mass is 10.0. The van der Waals surface area contributed by atoms with Gasteiger partial charge in [-0.05, 0) is 6.42 Å². The molecule has 1 unspecified atom stereocenters. The molecule has 0 aromatic carbocycles. The molecule has 0 radical (unpaired) electrons. The van der Waals surface area contributed by atoms with Gasteiger partial charge >= 0.3 is 5.97 Å². The summed E-state index contributed by atoms with van der Waals surface area (Å²) in [6.45, 7) is 3.66. The zero-order valence-electron chi connectivity index (χ0n) is 14.1. The minimum Gasteiger partial charge on any atom is -0.467 e. The van der Waals surface area contributed by atoms with E-state index < -0.39 is 6.04 Å². The van der Waals surface area contributed by atoms with E-state index in [2.05, 4.69) is 12.2 Å². The van der Waals surface area contributed by atoms with Gasteiger partial charge in [0.2, 0.25) is 5.91 Å². The lowest BCUT2D eigenvalue weighted by Crippen LogP contribution is -2.40. The largest absolute Gasteiger partial charge is 0.467 e. The lowest BCUT2D eigenvalue weighted by Gasteiger charge is -2.15. The van der Waals surface area contributed by atoms with E-state index in [1.165, 1.54) is 65.4 Å². The third-order valence-electron chi connectivity index (χ3n) is 3.71. The Bertz CT molecular complexity index is 279. The number of ether oxygens (including phenoxy) is 1. The first kappa shape index (κ1) is 19.9. The summed E-state index contributed by atoms with van der Waals surface area (Å²) in [6, 6.07) is -0.485. The smallest absolute Gasteiger partial charge is 0.328 e. The number of amides is 1. The molecule has 0 rings (SSSR count). The normalized spacial score (nSPS) is 12.0. The van der Waals surface area contributed by atoms with Gasteiger partial charge in [-0.1, -0.05) is 71.1 Å². The Labute approximate surface area is 130 Å². The van der Waals surface area contributed by atoms with E-state index in [0.717, 1.165) is 12.8 Å². The van der Waals surface area contributed by atoms with Crippen LogP contribution in [0.4, 0.5) is 0 Å². The number of rotatable bonds is 13. The van der Waals surface area contributed by atoms with Crippen LogP contribution in [-0.4, -0.2) is 25.0 Å². The average molecular weight is 299 g/mol. The summed E-state index contributed by atoms with van der Waals surface area (Å²) in [5.74, 6) is -0.529. The molecule has 0 aliphatic rings. The summed E-state index contributed by atoms with van der Waals surface area (Å²) >= 11 is 0. The molecule has 0 spiro atoms. The molecule has 21 heavy (non-hydrogen) atoms. The molecule has 4 heteroatoms. The summed E-state index contributed by atoms with van der Waals surface area (Å²) in [5.41, 5.74) is 0. The van der Waals surface area contributed by atoms with Crippen molar-refractivity contribution in [2.75, 3.05) is 7.11 Å². The maximum absolute atomic E-state index is 11.5. The molecule has 1 N–H and O–H groups in total. The van der Waals surface area contributed by atoms with E-state index >= 15 is 0 Å². The van der Waals surface area contributed by atoms with Crippen molar-refractivity contribution < 1.29 is 14.3 Å². The zero-order valence-corrected chi connectivity index (χ0v) is 14.1. The topological polar surface area (TPSA) is 55.4 Å². The van der Waals surface area contributed by atoms with Gasteiger partial charge in [0.05, 0.1) is 7.11 Å². The Morgan fingerprint density at radius 3 is 1.81 bits per heavy atom. The molecule has 0 saturated carbocycles. The van der Waals surface area contributed by atoms with Crippen molar-refractivity contribution in [3.05, 3.63) is 0 Å². The standard InChI is InChI=1S/C17H33NO3/c1-4-5-6-7-8-9-10-11-12-13-14-16(17(20)21-3)18-15(2)19/h16H,4-14H2,1-3H3,(H,18,19). The Kier molecular flexibility index (Phi) is 13.2. The highest BCUT2D eigenvalue weighted by atomic mass is 16.5. The summed E-state index contributed by atoms with van der Waals surface area (Å²) in [5, 5.41) is 2.65. The van der Waals surface area contributed by atoms with Gasteiger partial charge < -0.3 is 10.1 Å². The van der Waals surface area contributed by atoms with Crippen LogP contribution in [0, 0.1) is 0 Å². The monoisotopic (exact) mass is 299 g/mol. The number of nitrogens with one attached hydrogen (secondary N) is 1. The molecule has 0 aromatic rings. The molecule has 0 aromatic heterocycles. The molecule has 0 heterocycles. The van der Waals surface area contributed by atoms with Crippen molar-refractivity contribution in [3.63, 3.8) is 0 Å². The number of carbonyl (C=O) groups excluding carboxylic acids is 2. The van der Waals surface area contributed by atoms with Crippen LogP contribution in [0.15, 0.2) is 0 Å². The summed E-state index contributed by atoms with van der Waals surface area (Å²) in [6.07, 6.45) is 13.3. The van der Waals surface area contributed by atoms with Gasteiger partial charge in [0.15, 0.2) is 0 Å². The van der Waals surface area contributed by atoms with E-state index in [-0.39, 0.29) is 11.9 Å². The SMILES string of the molecule is CCCCCCCCCCCCC(NC(C)=O)C(=O)OC. The Morgan fingerprint density at radius 2 is 1.38 bits per heavy atom. The highest BCUT2D eigenvalue weighted by Gasteiger charge is 2.19. The van der Waals surface area contributed by atoms with Crippen molar-refractivity contribution in [2.45, 2.75) is 90.5 Å². The van der Waals surface area contributed by atoms with Gasteiger partial charge in [0.1, 0.15) is 6.04 Å². The van der Waals surface area contributed by atoms with E-state index in [0.29, 0.717) is 6.42 Å². The predicted molar refractivity (Wildman–Crippen MR) is 86.1 cm³/mol. The molecular formula is C17H33NO3. The second-order valence-electron chi connectivity index (χ2n) is 5.75. The summed E-state index contributed by atoms with van der Waals surface area (Å²) in [4.78, 5) is 22.5. The van der Waals surface area contributed by atoms with Gasteiger partial charge in [-0.3, -0.25) is 4.79 Å². The van der Waals surface area contributed by atoms with Crippen LogP contribution in [0.2, 0.25) is 0 Å². The van der Waals surface area contributed by atoms with Crippen LogP contribution in [0.5, 0.6) is 0 Å². The first-order chi connectivity index (χ1) is 10.1. The van der Waals surface area contributed by atoms with Gasteiger partial charge in [-0.2, -0.15) is 0 Å². The van der Waals surface area contributed by atoms with Crippen molar-refractivity contribution in [1.29, 1.82) is 0 Å². The van der Waals surface area contributed by atoms with Gasteiger partial charge in [-0.15, -0.1) is 0 Å². The fraction of sp³-hybridized carbons (Fsp3) is 0.882. The third-order valence-corrected chi connectivity index (χ3v) is 3.71. The summed E-state index contributed by atoms with van der Waals surface area (Å²) < 4.78 is 4.70. The summed E-state index contributed by atoms with van der Waals surface area (Å²) in [7, 11) is 1.36. The molecule has 0 aliphatic heterocycles. The maximum atomic E-state index is 11.5. The maximum Gasteiger partial charge on any atom is 0.328 e. The molecule has 0 fully saturated rings. The van der Waals surface area contributed by atoms with Crippen molar-refractivity contribution in [2.24, 2.45) is 0 Å². The first-order valence-corrected chi connectivity index (χ1v) is 8.46. The molecule has 124 valence electrons. The second kappa shape index (κ2) is 13.9. The number of carbonyl (C=O) groups is 2. The Hall–Kier alpha value is -1.06. The van der Waals surface area contributed by atoms with Crippen molar-refractivity contribution >= 4 is 11.9 Å². The molecule has 1 atom stereocenters. The number of unbranched alkanes of at least 4 members (excludes halogenated alkanes) is 9. The van der Waals surface area contributed by atoms with Crippen LogP contribution in [0.25, 0.3) is 0 Å². The van der Waals surface area contributed by atoms with E-state index in [9.17, 15) is 9.59 Å². The molecule has 4 nitrogen and oxygen atoms in total. The molecule has 0 saturated heterocycles. The lowest BCUT2D eigenvalue weighted by molar-refractivity contribution is -0.145. The van der Waals surface area contributed by atoms with Gasteiger partial charge in [0.25, 0.3) is 0 Å². The minimum absolute atomic E-state index is 0.183. The van der Waals surface area contributed by atoms with Crippen LogP contribution in [0.1, 0.15) is 84.5 Å². The van der Waals surface area contributed by atoms with E-state index in [1.807, 2.05) is 0 Å². The van der Waals surface area contributed by atoms with E-state index in [1.54, 1.807) is 0 Å². The first-order valence-electron chi connectivity index (χ1n) is 8.46. The molecule has 0 aliphatic carbocycles. The zero-order chi connectivity index (χ0) is 15.9. The third kappa shape index (κ3) is 12.4. The average Bonchev–Trinajstić information content (AvgIpc) is 2.46. The van der Waals surface area contributed by atoms with Crippen LogP contribution in [-0.2, 0) is 14.3 Å². The Morgan fingerprint density at radius 1 is 0.905 bits per heavy atom. The predicted octanol–water partition coefficient (Wildman–Crippen LogP) is 3.98. The number of esters is 1. The number of methoxy groups -OCH3 is 1. The van der Waals surface area contributed by atoms with Crippen molar-refractivity contribution in [1.82, 2.24) is 5.32 Å². The number of hydrogen-bond acceptors (Lipinski definition) is 3. The fourth-order valence-electron chi connectivity index (χ4n) is 2.47. The van der Waals surface area contributed by atoms with Gasteiger partial charge in [0, 0.05) is 6.92 Å². The number of hydrogen-bond donors (Lipinski definition) is 1. The van der Waals surface area contributed by atoms with Crippen LogP contribution < -0.4 is 5.32 Å². The van der Waals surface area contributed by atoms with Crippen LogP contribution >= 0.6 is 0 Å². The van der Waals surface area contributed by atoms with Crippen molar-refractivity contribution in [3.8, 4) is 0 Å². The molecular weight excluding hydrogens is 266 g/mol. The quantitative estimate of drug-likeness (QED) is 0.413. The van der Waals surface area contributed by atoms with E-state index in [4.69, 9.17) is 4.74 Å². The molecule has 1 amide bonds. The van der Waals surface area contributed by atoms with Gasteiger partial charge in [-0.25, -0.2) is 4.79 Å².